The molecule has 1 aromatic heterocycles. The summed E-state index contributed by atoms with van der Waals surface area (Å²) in [7, 11) is 0. The molecule has 0 fully saturated rings. The molecular formula is C12H19ClN4O2S. The van der Waals surface area contributed by atoms with Crippen molar-refractivity contribution in [1.82, 2.24) is 9.97 Å². The molecule has 1 rings (SSSR count). The van der Waals surface area contributed by atoms with Crippen molar-refractivity contribution in [3.8, 4) is 0 Å². The van der Waals surface area contributed by atoms with E-state index in [9.17, 15) is 10.1 Å². The Labute approximate surface area is 127 Å². The third-order valence-electron chi connectivity index (χ3n) is 3.51. The van der Waals surface area contributed by atoms with Gasteiger partial charge in [-0.2, -0.15) is 16.7 Å². The van der Waals surface area contributed by atoms with E-state index in [1.165, 1.54) is 0 Å². The lowest BCUT2D eigenvalue weighted by Gasteiger charge is -2.29. The number of rotatable bonds is 7. The zero-order valence-electron chi connectivity index (χ0n) is 12.1. The predicted molar refractivity (Wildman–Crippen MR) is 83.8 cm³/mol. The molecule has 0 atom stereocenters. The Morgan fingerprint density at radius 1 is 1.40 bits per heavy atom. The number of aryl methyl sites for hydroxylation is 1. The first-order valence-corrected chi connectivity index (χ1v) is 7.97. The van der Waals surface area contributed by atoms with Gasteiger partial charge in [-0.15, -0.1) is 0 Å². The van der Waals surface area contributed by atoms with Crippen molar-refractivity contribution in [2.24, 2.45) is 0 Å². The van der Waals surface area contributed by atoms with Gasteiger partial charge in [0.1, 0.15) is 5.69 Å². The van der Waals surface area contributed by atoms with Crippen molar-refractivity contribution >= 4 is 34.9 Å². The van der Waals surface area contributed by atoms with Crippen molar-refractivity contribution in [2.75, 3.05) is 18.1 Å². The summed E-state index contributed by atoms with van der Waals surface area (Å²) in [5.74, 6) is 0.188. The minimum absolute atomic E-state index is 0.0124. The van der Waals surface area contributed by atoms with E-state index in [1.54, 1.807) is 18.7 Å². The second-order valence-electron chi connectivity index (χ2n) is 4.48. The number of nitrogens with one attached hydrogen (secondary N) is 1. The van der Waals surface area contributed by atoms with Crippen molar-refractivity contribution in [3.05, 3.63) is 21.1 Å². The van der Waals surface area contributed by atoms with Gasteiger partial charge in [-0.25, -0.2) is 4.98 Å². The van der Waals surface area contributed by atoms with E-state index in [0.717, 1.165) is 12.8 Å². The zero-order valence-corrected chi connectivity index (χ0v) is 13.6. The SMILES string of the molecule is CCC(CC)(CNc1nc(Cl)nc(C)c1[N+](=O)[O-])SC. The molecule has 0 amide bonds. The fourth-order valence-electron chi connectivity index (χ4n) is 1.98. The van der Waals surface area contributed by atoms with Crippen LogP contribution in [0.1, 0.15) is 32.4 Å². The van der Waals surface area contributed by atoms with Crippen LogP contribution in [0.25, 0.3) is 0 Å². The molecule has 20 heavy (non-hydrogen) atoms. The van der Waals surface area contributed by atoms with Crippen molar-refractivity contribution in [2.45, 2.75) is 38.4 Å². The lowest BCUT2D eigenvalue weighted by Crippen LogP contribution is -2.32. The predicted octanol–water partition coefficient (Wildman–Crippen LogP) is 3.68. The van der Waals surface area contributed by atoms with Gasteiger partial charge in [-0.3, -0.25) is 10.1 Å². The van der Waals surface area contributed by atoms with E-state index < -0.39 is 4.92 Å². The number of hydrogen-bond acceptors (Lipinski definition) is 6. The number of nitrogens with zero attached hydrogens (tertiary/aromatic N) is 3. The van der Waals surface area contributed by atoms with Crippen LogP contribution in [-0.4, -0.2) is 32.4 Å². The van der Waals surface area contributed by atoms with Gasteiger partial charge in [0, 0.05) is 11.3 Å². The van der Waals surface area contributed by atoms with Gasteiger partial charge in [0.25, 0.3) is 0 Å². The molecule has 112 valence electrons. The summed E-state index contributed by atoms with van der Waals surface area (Å²) >= 11 is 7.54. The maximum Gasteiger partial charge on any atom is 0.332 e. The van der Waals surface area contributed by atoms with Crippen LogP contribution in [-0.2, 0) is 0 Å². The molecule has 0 aromatic carbocycles. The molecule has 6 nitrogen and oxygen atoms in total. The van der Waals surface area contributed by atoms with E-state index in [4.69, 9.17) is 11.6 Å². The number of aromatic nitrogens is 2. The monoisotopic (exact) mass is 318 g/mol. The normalized spacial score (nSPS) is 11.4. The minimum Gasteiger partial charge on any atom is -0.363 e. The van der Waals surface area contributed by atoms with E-state index in [-0.39, 0.29) is 27.2 Å². The maximum atomic E-state index is 11.1. The van der Waals surface area contributed by atoms with E-state index in [0.29, 0.717) is 6.54 Å². The topological polar surface area (TPSA) is 81.0 Å². The molecule has 0 aliphatic rings. The van der Waals surface area contributed by atoms with Crippen LogP contribution >= 0.6 is 23.4 Å². The van der Waals surface area contributed by atoms with Gasteiger partial charge in [-0.05, 0) is 37.6 Å². The highest BCUT2D eigenvalue weighted by Crippen LogP contribution is 2.32. The lowest BCUT2D eigenvalue weighted by molar-refractivity contribution is -0.385. The Kier molecular flexibility index (Phi) is 6.01. The highest BCUT2D eigenvalue weighted by atomic mass is 35.5. The first-order valence-electron chi connectivity index (χ1n) is 6.36. The standard InChI is InChI=1S/C12H19ClN4O2S/c1-5-12(6-2,20-4)7-14-10-9(17(18)19)8(3)15-11(13)16-10/h5-7H2,1-4H3,(H,14,15,16). The third kappa shape index (κ3) is 3.73. The number of anilines is 1. The number of thioether (sulfide) groups is 1. The lowest BCUT2D eigenvalue weighted by atomic mass is 10.0. The Bertz CT molecular complexity index is 486. The van der Waals surface area contributed by atoms with Gasteiger partial charge in [0.15, 0.2) is 0 Å². The van der Waals surface area contributed by atoms with Crippen LogP contribution in [0.4, 0.5) is 11.5 Å². The second kappa shape index (κ2) is 7.08. The van der Waals surface area contributed by atoms with Gasteiger partial charge < -0.3 is 5.32 Å². The fraction of sp³-hybridized carbons (Fsp3) is 0.667. The number of halogens is 1. The van der Waals surface area contributed by atoms with Gasteiger partial charge >= 0.3 is 5.69 Å². The quantitative estimate of drug-likeness (QED) is 0.469. The molecule has 0 saturated carbocycles. The first kappa shape index (κ1) is 17.0. The zero-order chi connectivity index (χ0) is 15.3. The van der Waals surface area contributed by atoms with E-state index in [2.05, 4.69) is 29.1 Å². The molecule has 1 N–H and O–H groups in total. The Morgan fingerprint density at radius 2 is 2.00 bits per heavy atom. The van der Waals surface area contributed by atoms with Crippen LogP contribution in [0.3, 0.4) is 0 Å². The molecule has 1 aromatic rings. The summed E-state index contributed by atoms with van der Waals surface area (Å²) in [6.45, 7) is 6.36. The van der Waals surface area contributed by atoms with Crippen LogP contribution in [0.2, 0.25) is 5.28 Å². The summed E-state index contributed by atoms with van der Waals surface area (Å²) in [6.07, 6.45) is 3.97. The Balaban J connectivity index is 3.06. The molecule has 0 aliphatic carbocycles. The van der Waals surface area contributed by atoms with Crippen LogP contribution in [0, 0.1) is 17.0 Å². The smallest absolute Gasteiger partial charge is 0.332 e. The number of hydrogen-bond donors (Lipinski definition) is 1. The van der Waals surface area contributed by atoms with Crippen molar-refractivity contribution < 1.29 is 4.92 Å². The first-order chi connectivity index (χ1) is 9.39. The average molecular weight is 319 g/mol. The molecule has 0 aliphatic heterocycles. The molecular weight excluding hydrogens is 300 g/mol. The highest BCUT2D eigenvalue weighted by molar-refractivity contribution is 8.00. The summed E-state index contributed by atoms with van der Waals surface area (Å²) < 4.78 is 0.0270. The average Bonchev–Trinajstić information content (AvgIpc) is 2.39. The van der Waals surface area contributed by atoms with Gasteiger partial charge in [0.2, 0.25) is 11.1 Å². The van der Waals surface area contributed by atoms with Crippen molar-refractivity contribution in [3.63, 3.8) is 0 Å². The molecule has 8 heteroatoms. The summed E-state index contributed by atoms with van der Waals surface area (Å²) in [4.78, 5) is 18.4. The maximum absolute atomic E-state index is 11.1. The van der Waals surface area contributed by atoms with Crippen LogP contribution < -0.4 is 5.32 Å². The fourth-order valence-corrected chi connectivity index (χ4v) is 2.99. The molecule has 0 radical (unpaired) electrons. The van der Waals surface area contributed by atoms with E-state index >= 15 is 0 Å². The molecule has 0 unspecified atom stereocenters. The summed E-state index contributed by atoms with van der Waals surface area (Å²) in [5, 5.41) is 14.2. The highest BCUT2D eigenvalue weighted by Gasteiger charge is 2.28. The Hall–Kier alpha value is -1.08. The van der Waals surface area contributed by atoms with E-state index in [1.807, 2.05) is 6.26 Å². The molecule has 1 heterocycles. The van der Waals surface area contributed by atoms with Crippen LogP contribution in [0.5, 0.6) is 0 Å². The molecule has 0 spiro atoms. The van der Waals surface area contributed by atoms with Crippen LogP contribution in [0.15, 0.2) is 0 Å². The molecule has 0 saturated heterocycles. The third-order valence-corrected chi connectivity index (χ3v) is 5.27. The summed E-state index contributed by atoms with van der Waals surface area (Å²) in [6, 6.07) is 0. The van der Waals surface area contributed by atoms with Crippen molar-refractivity contribution in [1.29, 1.82) is 0 Å². The number of nitro groups is 1. The second-order valence-corrected chi connectivity index (χ2v) is 6.09. The summed E-state index contributed by atoms with van der Waals surface area (Å²) in [5.41, 5.74) is 0.150. The minimum atomic E-state index is -0.480. The largest absolute Gasteiger partial charge is 0.363 e. The Morgan fingerprint density at radius 3 is 2.45 bits per heavy atom. The van der Waals surface area contributed by atoms with Gasteiger partial charge in [-0.1, -0.05) is 13.8 Å². The molecule has 0 bridgehead atoms. The van der Waals surface area contributed by atoms with Gasteiger partial charge in [0.05, 0.1) is 4.92 Å².